The van der Waals surface area contributed by atoms with Crippen molar-refractivity contribution in [3.05, 3.63) is 58.2 Å². The van der Waals surface area contributed by atoms with Crippen molar-refractivity contribution in [1.29, 1.82) is 0 Å². The number of hydrogen-bond donors (Lipinski definition) is 2. The number of nitrogens with one attached hydrogen (secondary N) is 1. The van der Waals surface area contributed by atoms with Crippen molar-refractivity contribution in [3.63, 3.8) is 0 Å². The maximum atomic E-state index is 5.97. The molecule has 0 radical (unpaired) electrons. The van der Waals surface area contributed by atoms with Gasteiger partial charge in [0, 0.05) is 24.1 Å². The Morgan fingerprint density at radius 2 is 2.08 bits per heavy atom. The minimum atomic E-state index is 0.207. The summed E-state index contributed by atoms with van der Waals surface area (Å²) in [4.78, 5) is 1.19. The molecule has 0 saturated carbocycles. The number of hydrogen-bond acceptors (Lipinski definition) is 4. The number of anilines is 1. The van der Waals surface area contributed by atoms with E-state index in [0.29, 0.717) is 6.54 Å². The van der Waals surface area contributed by atoms with Crippen LogP contribution in [0.25, 0.3) is 10.6 Å². The summed E-state index contributed by atoms with van der Waals surface area (Å²) in [6.07, 6.45) is 2.81. The van der Waals surface area contributed by atoms with Crippen LogP contribution in [0, 0.1) is 6.92 Å². The van der Waals surface area contributed by atoms with Gasteiger partial charge in [-0.2, -0.15) is 5.10 Å². The molecule has 3 N–H and O–H groups in total. The van der Waals surface area contributed by atoms with E-state index in [-0.39, 0.29) is 6.04 Å². The third-order valence-corrected chi connectivity index (χ3v) is 5.94. The zero-order chi connectivity index (χ0) is 17.1. The van der Waals surface area contributed by atoms with Crippen molar-refractivity contribution in [1.82, 2.24) is 9.78 Å². The molecule has 0 fully saturated rings. The topological polar surface area (TPSA) is 55.9 Å². The van der Waals surface area contributed by atoms with Gasteiger partial charge in [-0.15, -0.1) is 11.3 Å². The van der Waals surface area contributed by atoms with Crippen molar-refractivity contribution in [3.8, 4) is 10.6 Å². The largest absolute Gasteiger partial charge is 0.373 e. The summed E-state index contributed by atoms with van der Waals surface area (Å²) in [6, 6.07) is 12.8. The lowest BCUT2D eigenvalue weighted by Crippen LogP contribution is -2.30. The Morgan fingerprint density at radius 1 is 1.33 bits per heavy atom. The van der Waals surface area contributed by atoms with E-state index in [1.807, 2.05) is 24.0 Å². The molecule has 2 heterocycles. The maximum absolute atomic E-state index is 5.97. The van der Waals surface area contributed by atoms with Gasteiger partial charge in [0.05, 0.1) is 21.8 Å². The van der Waals surface area contributed by atoms with Crippen LogP contribution in [0.2, 0.25) is 0 Å². The smallest absolute Gasteiger partial charge is 0.0903 e. The molecule has 24 heavy (non-hydrogen) atoms. The predicted octanol–water partition coefficient (Wildman–Crippen LogP) is 4.20. The zero-order valence-corrected chi connectivity index (χ0v) is 16.2. The fourth-order valence-electron chi connectivity index (χ4n) is 2.77. The van der Waals surface area contributed by atoms with Crippen molar-refractivity contribution in [2.45, 2.75) is 19.4 Å². The fourth-order valence-corrected chi connectivity index (χ4v) is 4.75. The van der Waals surface area contributed by atoms with Crippen LogP contribution >= 0.6 is 27.3 Å². The monoisotopic (exact) mass is 404 g/mol. The molecule has 0 bridgehead atoms. The summed E-state index contributed by atoms with van der Waals surface area (Å²) < 4.78 is 3.00. The van der Waals surface area contributed by atoms with Crippen LogP contribution in [-0.2, 0) is 13.5 Å². The average Bonchev–Trinajstić information content (AvgIpc) is 3.09. The van der Waals surface area contributed by atoms with Gasteiger partial charge < -0.3 is 11.1 Å². The normalized spacial score (nSPS) is 12.3. The number of rotatable bonds is 6. The first kappa shape index (κ1) is 17.2. The van der Waals surface area contributed by atoms with Crippen LogP contribution in [0.5, 0.6) is 0 Å². The van der Waals surface area contributed by atoms with Crippen LogP contribution in [0.3, 0.4) is 0 Å². The lowest BCUT2D eigenvalue weighted by Gasteiger charge is -2.16. The number of halogens is 1. The van der Waals surface area contributed by atoms with Crippen LogP contribution in [0.1, 0.15) is 11.1 Å². The maximum Gasteiger partial charge on any atom is 0.0903 e. The van der Waals surface area contributed by atoms with Crippen LogP contribution in [0.15, 0.2) is 47.1 Å². The Balaban J connectivity index is 1.79. The number of aromatic nitrogens is 2. The van der Waals surface area contributed by atoms with Gasteiger partial charge in [0.25, 0.3) is 0 Å². The Hall–Kier alpha value is -1.63. The van der Waals surface area contributed by atoms with E-state index in [1.54, 1.807) is 11.3 Å². The van der Waals surface area contributed by atoms with E-state index in [9.17, 15) is 0 Å². The molecule has 0 saturated heterocycles. The van der Waals surface area contributed by atoms with Gasteiger partial charge in [-0.25, -0.2) is 0 Å². The van der Waals surface area contributed by atoms with E-state index < -0.39 is 0 Å². The van der Waals surface area contributed by atoms with Crippen molar-refractivity contribution >= 4 is 32.3 Å². The molecule has 3 rings (SSSR count). The molecule has 0 aliphatic rings. The Bertz CT molecular complexity index is 790. The third-order valence-electron chi connectivity index (χ3n) is 3.98. The van der Waals surface area contributed by atoms with Crippen LogP contribution in [0.4, 0.5) is 5.00 Å². The summed E-state index contributed by atoms with van der Waals surface area (Å²) in [5.74, 6) is 0. The second-order valence-electron chi connectivity index (χ2n) is 5.85. The average molecular weight is 405 g/mol. The molecule has 1 aromatic carbocycles. The Labute approximate surface area is 154 Å². The van der Waals surface area contributed by atoms with Gasteiger partial charge >= 0.3 is 0 Å². The van der Waals surface area contributed by atoms with Gasteiger partial charge in [-0.1, -0.05) is 30.3 Å². The SMILES string of the molecule is Cc1cnn(C)c1-c1sc(NC(CN)Cc2ccccc2)cc1Br. The summed E-state index contributed by atoms with van der Waals surface area (Å²) in [5, 5.41) is 9.03. The molecular weight excluding hydrogens is 384 g/mol. The first-order valence-corrected chi connectivity index (χ1v) is 9.48. The lowest BCUT2D eigenvalue weighted by atomic mass is 10.1. The summed E-state index contributed by atoms with van der Waals surface area (Å²) >= 11 is 5.41. The van der Waals surface area contributed by atoms with E-state index in [0.717, 1.165) is 21.6 Å². The molecule has 2 aromatic heterocycles. The molecule has 1 atom stereocenters. The predicted molar refractivity (Wildman–Crippen MR) is 106 cm³/mol. The molecule has 3 aromatic rings. The highest BCUT2D eigenvalue weighted by atomic mass is 79.9. The number of thiophene rings is 1. The molecule has 126 valence electrons. The summed E-state index contributed by atoms with van der Waals surface area (Å²) in [6.45, 7) is 2.67. The molecular formula is C18H21BrN4S. The van der Waals surface area contributed by atoms with Crippen molar-refractivity contribution in [2.75, 3.05) is 11.9 Å². The van der Waals surface area contributed by atoms with Crippen molar-refractivity contribution in [2.24, 2.45) is 12.8 Å². The van der Waals surface area contributed by atoms with Gasteiger partial charge in [0.15, 0.2) is 0 Å². The van der Waals surface area contributed by atoms with Crippen molar-refractivity contribution < 1.29 is 0 Å². The van der Waals surface area contributed by atoms with E-state index in [4.69, 9.17) is 5.73 Å². The summed E-state index contributed by atoms with van der Waals surface area (Å²) in [5.41, 5.74) is 9.58. The van der Waals surface area contributed by atoms with Crippen LogP contribution < -0.4 is 11.1 Å². The molecule has 1 unspecified atom stereocenters. The standard InChI is InChI=1S/C18H21BrN4S/c1-12-11-21-23(2)17(12)18-15(19)9-16(24-18)22-14(10-20)8-13-6-4-3-5-7-13/h3-7,9,11,14,22H,8,10,20H2,1-2H3. The highest BCUT2D eigenvalue weighted by molar-refractivity contribution is 9.10. The second-order valence-corrected chi connectivity index (χ2v) is 7.76. The third kappa shape index (κ3) is 3.71. The number of benzene rings is 1. The highest BCUT2D eigenvalue weighted by Crippen LogP contribution is 2.40. The first-order chi connectivity index (χ1) is 11.6. The Morgan fingerprint density at radius 3 is 2.71 bits per heavy atom. The first-order valence-electron chi connectivity index (χ1n) is 7.87. The lowest BCUT2D eigenvalue weighted by molar-refractivity contribution is 0.726. The van der Waals surface area contributed by atoms with E-state index >= 15 is 0 Å². The highest BCUT2D eigenvalue weighted by Gasteiger charge is 2.17. The fraction of sp³-hybridized carbons (Fsp3) is 0.278. The Kier molecular flexibility index (Phi) is 5.38. The van der Waals surface area contributed by atoms with Gasteiger partial charge in [0.1, 0.15) is 0 Å². The minimum Gasteiger partial charge on any atom is -0.373 e. The van der Waals surface area contributed by atoms with Crippen LogP contribution in [-0.4, -0.2) is 22.4 Å². The van der Waals surface area contributed by atoms with Gasteiger partial charge in [-0.05, 0) is 46.5 Å². The quantitative estimate of drug-likeness (QED) is 0.646. The molecule has 6 heteroatoms. The molecule has 0 amide bonds. The zero-order valence-electron chi connectivity index (χ0n) is 13.8. The summed E-state index contributed by atoms with van der Waals surface area (Å²) in [7, 11) is 1.97. The molecule has 0 spiro atoms. The van der Waals surface area contributed by atoms with Gasteiger partial charge in [-0.3, -0.25) is 4.68 Å². The molecule has 0 aliphatic heterocycles. The minimum absolute atomic E-state index is 0.207. The second kappa shape index (κ2) is 7.51. The van der Waals surface area contributed by atoms with E-state index in [1.165, 1.54) is 16.0 Å². The van der Waals surface area contributed by atoms with Gasteiger partial charge in [0.2, 0.25) is 0 Å². The number of nitrogens with two attached hydrogens (primary N) is 1. The molecule has 4 nitrogen and oxygen atoms in total. The number of aryl methyl sites for hydroxylation is 2. The molecule has 0 aliphatic carbocycles. The number of nitrogens with zero attached hydrogens (tertiary/aromatic N) is 2. The van der Waals surface area contributed by atoms with E-state index in [2.05, 4.69) is 63.6 Å².